The molecular formula is C15H12ClN7O. The van der Waals surface area contributed by atoms with Gasteiger partial charge in [-0.15, -0.1) is 5.10 Å². The average Bonchev–Trinajstić information content (AvgIpc) is 3.14. The van der Waals surface area contributed by atoms with Crippen LogP contribution >= 0.6 is 11.6 Å². The van der Waals surface area contributed by atoms with Gasteiger partial charge in [0.1, 0.15) is 16.6 Å². The van der Waals surface area contributed by atoms with Gasteiger partial charge < -0.3 is 10.2 Å². The molecule has 0 aliphatic heterocycles. The Hall–Kier alpha value is -3.00. The lowest BCUT2D eigenvalue weighted by atomic mass is 10.3. The highest BCUT2D eigenvalue weighted by molar-refractivity contribution is 6.29. The Kier molecular flexibility index (Phi) is 3.39. The molecule has 120 valence electrons. The van der Waals surface area contributed by atoms with Crippen LogP contribution in [0.4, 0.5) is 5.95 Å². The molecule has 0 atom stereocenters. The first-order chi connectivity index (χ1) is 11.6. The van der Waals surface area contributed by atoms with Crippen molar-refractivity contribution in [3.8, 4) is 11.5 Å². The summed E-state index contributed by atoms with van der Waals surface area (Å²) < 4.78 is 7.23. The third-order valence-electron chi connectivity index (χ3n) is 3.44. The van der Waals surface area contributed by atoms with Gasteiger partial charge >= 0.3 is 0 Å². The lowest BCUT2D eigenvalue weighted by Gasteiger charge is -2.03. The number of anilines is 1. The van der Waals surface area contributed by atoms with Gasteiger partial charge in [0.05, 0.1) is 12.2 Å². The molecular weight excluding hydrogens is 330 g/mol. The Morgan fingerprint density at radius 3 is 2.79 bits per heavy atom. The second kappa shape index (κ2) is 5.57. The van der Waals surface area contributed by atoms with Gasteiger partial charge in [0.15, 0.2) is 16.9 Å². The molecule has 0 unspecified atom stereocenters. The second-order valence-corrected chi connectivity index (χ2v) is 5.60. The molecule has 0 spiro atoms. The molecule has 9 heteroatoms. The molecule has 4 heterocycles. The summed E-state index contributed by atoms with van der Waals surface area (Å²) in [4.78, 5) is 12.7. The fourth-order valence-electron chi connectivity index (χ4n) is 2.40. The second-order valence-electron chi connectivity index (χ2n) is 5.21. The Morgan fingerprint density at radius 1 is 1.17 bits per heavy atom. The molecule has 0 fully saturated rings. The zero-order chi connectivity index (χ0) is 16.7. The van der Waals surface area contributed by atoms with Gasteiger partial charge in [0, 0.05) is 0 Å². The monoisotopic (exact) mass is 341 g/mol. The molecule has 8 nitrogen and oxygen atoms in total. The summed E-state index contributed by atoms with van der Waals surface area (Å²) in [6, 6.07) is 9.04. The van der Waals surface area contributed by atoms with E-state index in [1.54, 1.807) is 10.7 Å². The molecule has 0 bridgehead atoms. The summed E-state index contributed by atoms with van der Waals surface area (Å²) in [6.45, 7) is 2.22. The first-order valence-corrected chi connectivity index (χ1v) is 7.53. The summed E-state index contributed by atoms with van der Waals surface area (Å²) in [5, 5.41) is 8.73. The van der Waals surface area contributed by atoms with E-state index in [9.17, 15) is 0 Å². The van der Waals surface area contributed by atoms with Crippen molar-refractivity contribution in [3.05, 3.63) is 46.9 Å². The van der Waals surface area contributed by atoms with Gasteiger partial charge in [-0.1, -0.05) is 22.9 Å². The fourth-order valence-corrected chi connectivity index (χ4v) is 2.59. The molecule has 0 aromatic carbocycles. The van der Waals surface area contributed by atoms with E-state index in [-0.39, 0.29) is 5.95 Å². The molecule has 0 aliphatic carbocycles. The van der Waals surface area contributed by atoms with Crippen molar-refractivity contribution in [2.45, 2.75) is 13.5 Å². The maximum Gasteiger partial charge on any atom is 0.222 e. The maximum atomic E-state index is 5.92. The van der Waals surface area contributed by atoms with Crippen LogP contribution < -0.4 is 5.73 Å². The zero-order valence-corrected chi connectivity index (χ0v) is 13.4. The topological polar surface area (TPSA) is 109 Å². The Bertz CT molecular complexity index is 1040. The quantitative estimate of drug-likeness (QED) is 0.570. The predicted octanol–water partition coefficient (Wildman–Crippen LogP) is 2.47. The Morgan fingerprint density at radius 2 is 2.04 bits per heavy atom. The van der Waals surface area contributed by atoms with Crippen molar-refractivity contribution in [2.24, 2.45) is 0 Å². The molecule has 0 amide bonds. The smallest absolute Gasteiger partial charge is 0.222 e. The van der Waals surface area contributed by atoms with Crippen molar-refractivity contribution in [1.82, 2.24) is 29.9 Å². The van der Waals surface area contributed by atoms with E-state index in [4.69, 9.17) is 21.8 Å². The van der Waals surface area contributed by atoms with E-state index >= 15 is 0 Å². The van der Waals surface area contributed by atoms with E-state index in [1.807, 2.05) is 31.2 Å². The lowest BCUT2D eigenvalue weighted by Crippen LogP contribution is -2.06. The summed E-state index contributed by atoms with van der Waals surface area (Å²) in [7, 11) is 0. The molecule has 4 aromatic rings. The van der Waals surface area contributed by atoms with E-state index in [0.29, 0.717) is 34.3 Å². The number of halogens is 1. The highest BCUT2D eigenvalue weighted by Crippen LogP contribution is 2.26. The highest BCUT2D eigenvalue weighted by Gasteiger charge is 2.17. The fraction of sp³-hybridized carbons (Fsp3) is 0.133. The Balaban J connectivity index is 1.83. The van der Waals surface area contributed by atoms with Crippen molar-refractivity contribution in [3.63, 3.8) is 0 Å². The lowest BCUT2D eigenvalue weighted by molar-refractivity contribution is 0.547. The normalized spacial score (nSPS) is 11.2. The number of nitrogens with zero attached hydrogens (tertiary/aromatic N) is 6. The number of rotatable bonds is 3. The number of nitrogen functional groups attached to an aromatic ring is 1. The van der Waals surface area contributed by atoms with Crippen molar-refractivity contribution >= 4 is 28.7 Å². The molecule has 4 rings (SSSR count). The number of aromatic nitrogens is 6. The number of hydrogen-bond acceptors (Lipinski definition) is 7. The van der Waals surface area contributed by atoms with Crippen LogP contribution in [0.2, 0.25) is 5.15 Å². The maximum absolute atomic E-state index is 5.92. The first-order valence-electron chi connectivity index (χ1n) is 7.15. The Labute approximate surface area is 141 Å². The summed E-state index contributed by atoms with van der Waals surface area (Å²) in [5.74, 6) is 1.46. The SMILES string of the molecule is Cc1ccc(-c2nc(N)nc3c2nnn3Cc2cccc(Cl)n2)o1. The van der Waals surface area contributed by atoms with Crippen LogP contribution in [-0.2, 0) is 6.54 Å². The van der Waals surface area contributed by atoms with Crippen LogP contribution in [0.15, 0.2) is 34.7 Å². The summed E-state index contributed by atoms with van der Waals surface area (Å²) in [6.07, 6.45) is 0. The minimum absolute atomic E-state index is 0.120. The van der Waals surface area contributed by atoms with Crippen LogP contribution in [0.3, 0.4) is 0 Å². The predicted molar refractivity (Wildman–Crippen MR) is 88.3 cm³/mol. The summed E-state index contributed by atoms with van der Waals surface area (Å²) >= 11 is 5.92. The molecule has 24 heavy (non-hydrogen) atoms. The van der Waals surface area contributed by atoms with Crippen LogP contribution in [0.5, 0.6) is 0 Å². The van der Waals surface area contributed by atoms with Gasteiger partial charge in [-0.25, -0.2) is 14.6 Å². The molecule has 0 saturated carbocycles. The number of fused-ring (bicyclic) bond motifs is 1. The standard InChI is InChI=1S/C15H12ClN7O/c1-8-5-6-10(24-8)12-13-14(20-15(17)19-12)23(22-21-13)7-9-3-2-4-11(16)18-9/h2-6H,7H2,1H3,(H2,17,19,20). The van der Waals surface area contributed by atoms with Crippen LogP contribution in [0.1, 0.15) is 11.5 Å². The van der Waals surface area contributed by atoms with Crippen LogP contribution in [0, 0.1) is 6.92 Å². The van der Waals surface area contributed by atoms with Gasteiger partial charge in [-0.2, -0.15) is 4.98 Å². The van der Waals surface area contributed by atoms with E-state index < -0.39 is 0 Å². The number of aryl methyl sites for hydroxylation is 1. The number of nitrogens with two attached hydrogens (primary N) is 1. The third kappa shape index (κ3) is 2.56. The van der Waals surface area contributed by atoms with Gasteiger partial charge in [-0.3, -0.25) is 0 Å². The third-order valence-corrected chi connectivity index (χ3v) is 3.65. The highest BCUT2D eigenvalue weighted by atomic mass is 35.5. The molecule has 4 aromatic heterocycles. The number of furan rings is 1. The largest absolute Gasteiger partial charge is 0.460 e. The van der Waals surface area contributed by atoms with Crippen molar-refractivity contribution < 1.29 is 4.42 Å². The molecule has 0 saturated heterocycles. The van der Waals surface area contributed by atoms with E-state index in [1.165, 1.54) is 0 Å². The average molecular weight is 342 g/mol. The molecule has 0 aliphatic rings. The van der Waals surface area contributed by atoms with Crippen LogP contribution in [-0.4, -0.2) is 29.9 Å². The number of pyridine rings is 1. The van der Waals surface area contributed by atoms with Gasteiger partial charge in [0.25, 0.3) is 0 Å². The number of hydrogen-bond donors (Lipinski definition) is 1. The van der Waals surface area contributed by atoms with Gasteiger partial charge in [-0.05, 0) is 31.2 Å². The molecule has 2 N–H and O–H groups in total. The van der Waals surface area contributed by atoms with E-state index in [0.717, 1.165) is 11.5 Å². The summed E-state index contributed by atoms with van der Waals surface area (Å²) in [5.41, 5.74) is 8.11. The minimum Gasteiger partial charge on any atom is -0.460 e. The minimum atomic E-state index is 0.120. The van der Waals surface area contributed by atoms with Crippen molar-refractivity contribution in [1.29, 1.82) is 0 Å². The van der Waals surface area contributed by atoms with E-state index in [2.05, 4.69) is 25.3 Å². The zero-order valence-electron chi connectivity index (χ0n) is 12.6. The van der Waals surface area contributed by atoms with Crippen LogP contribution in [0.25, 0.3) is 22.6 Å². The van der Waals surface area contributed by atoms with Crippen molar-refractivity contribution in [2.75, 3.05) is 5.73 Å². The van der Waals surface area contributed by atoms with Gasteiger partial charge in [0.2, 0.25) is 5.95 Å². The first kappa shape index (κ1) is 14.6. The molecule has 0 radical (unpaired) electrons.